The maximum absolute atomic E-state index is 13.0. The third kappa shape index (κ3) is 3.53. The maximum atomic E-state index is 13.0. The van der Waals surface area contributed by atoms with Crippen molar-refractivity contribution in [3.05, 3.63) is 52.9 Å². The lowest BCUT2D eigenvalue weighted by Gasteiger charge is -2.24. The number of hydrogen-bond donors (Lipinski definition) is 0. The minimum Gasteiger partial charge on any atom is -0.370 e. The molecule has 0 bridgehead atoms. The molecule has 1 fully saturated rings. The lowest BCUT2D eigenvalue weighted by Crippen LogP contribution is -2.31. The lowest BCUT2D eigenvalue weighted by molar-refractivity contribution is 0.627. The Labute approximate surface area is 132 Å². The van der Waals surface area contributed by atoms with Crippen LogP contribution in [0.25, 0.3) is 0 Å². The van der Waals surface area contributed by atoms with Crippen LogP contribution in [0, 0.1) is 5.82 Å². The second kappa shape index (κ2) is 6.43. The molecule has 0 aliphatic carbocycles. The Kier molecular flexibility index (Phi) is 4.39. The van der Waals surface area contributed by atoms with E-state index in [2.05, 4.69) is 30.7 Å². The van der Waals surface area contributed by atoms with E-state index < -0.39 is 0 Å². The smallest absolute Gasteiger partial charge is 0.128 e. The molecule has 2 aromatic rings. The van der Waals surface area contributed by atoms with Gasteiger partial charge in [-0.25, -0.2) is 9.37 Å². The molecule has 110 valence electrons. The van der Waals surface area contributed by atoms with Crippen molar-refractivity contribution in [3.63, 3.8) is 0 Å². The molecule has 1 saturated heterocycles. The molecule has 1 aromatic heterocycles. The molecule has 1 aromatic carbocycles. The summed E-state index contributed by atoms with van der Waals surface area (Å²) in [6.07, 6.45) is 2.90. The number of pyridine rings is 1. The van der Waals surface area contributed by atoms with Gasteiger partial charge in [0.15, 0.2) is 0 Å². The van der Waals surface area contributed by atoms with Gasteiger partial charge in [0.1, 0.15) is 11.6 Å². The summed E-state index contributed by atoms with van der Waals surface area (Å²) in [5.41, 5.74) is 1.09. The molecule has 0 unspecified atom stereocenters. The van der Waals surface area contributed by atoms with Gasteiger partial charge in [0.05, 0.1) is 0 Å². The van der Waals surface area contributed by atoms with E-state index >= 15 is 0 Å². The highest BCUT2D eigenvalue weighted by atomic mass is 79.9. The summed E-state index contributed by atoms with van der Waals surface area (Å²) in [5.74, 6) is 0.827. The van der Waals surface area contributed by atoms with E-state index in [1.54, 1.807) is 0 Å². The van der Waals surface area contributed by atoms with E-state index in [4.69, 9.17) is 0 Å². The van der Waals surface area contributed by atoms with Gasteiger partial charge in [-0.15, -0.1) is 0 Å². The van der Waals surface area contributed by atoms with Crippen molar-refractivity contribution in [3.8, 4) is 0 Å². The van der Waals surface area contributed by atoms with Gasteiger partial charge in [-0.2, -0.15) is 0 Å². The molecule has 0 N–H and O–H groups in total. The number of anilines is 2. The quantitative estimate of drug-likeness (QED) is 0.823. The average molecular weight is 350 g/mol. The Bertz CT molecular complexity index is 532. The summed E-state index contributed by atoms with van der Waals surface area (Å²) < 4.78 is 14.0. The Morgan fingerprint density at radius 2 is 1.62 bits per heavy atom. The topological polar surface area (TPSA) is 19.4 Å². The van der Waals surface area contributed by atoms with Crippen LogP contribution in [0.3, 0.4) is 0 Å². The third-order valence-electron chi connectivity index (χ3n) is 3.72. The standard InChI is InChI=1S/C16H17BrFN3/c17-13-2-7-16(19-12-13)21-9-1-8-20(10-11-21)15-5-3-14(18)4-6-15/h2-7,12H,1,8-11H2. The van der Waals surface area contributed by atoms with Crippen LogP contribution in [0.4, 0.5) is 15.9 Å². The largest absolute Gasteiger partial charge is 0.370 e. The van der Waals surface area contributed by atoms with Gasteiger partial charge in [0, 0.05) is 42.5 Å². The molecule has 3 rings (SSSR count). The van der Waals surface area contributed by atoms with Gasteiger partial charge >= 0.3 is 0 Å². The van der Waals surface area contributed by atoms with Crippen LogP contribution >= 0.6 is 15.9 Å². The number of nitrogens with zero attached hydrogens (tertiary/aromatic N) is 3. The minimum absolute atomic E-state index is 0.186. The zero-order valence-corrected chi connectivity index (χ0v) is 13.3. The molecule has 0 amide bonds. The predicted molar refractivity (Wildman–Crippen MR) is 87.4 cm³/mol. The Morgan fingerprint density at radius 3 is 2.33 bits per heavy atom. The zero-order valence-electron chi connectivity index (χ0n) is 11.7. The monoisotopic (exact) mass is 349 g/mol. The first kappa shape index (κ1) is 14.3. The number of halogens is 2. The fourth-order valence-electron chi connectivity index (χ4n) is 2.61. The van der Waals surface area contributed by atoms with Crippen LogP contribution in [0.2, 0.25) is 0 Å². The SMILES string of the molecule is Fc1ccc(N2CCCN(c3ccc(Br)cn3)CC2)cc1. The lowest BCUT2D eigenvalue weighted by atomic mass is 10.2. The van der Waals surface area contributed by atoms with Crippen molar-refractivity contribution < 1.29 is 4.39 Å². The van der Waals surface area contributed by atoms with Crippen LogP contribution < -0.4 is 9.80 Å². The molecule has 5 heteroatoms. The predicted octanol–water partition coefficient (Wildman–Crippen LogP) is 3.70. The van der Waals surface area contributed by atoms with Gasteiger partial charge in [-0.3, -0.25) is 0 Å². The number of rotatable bonds is 2. The van der Waals surface area contributed by atoms with E-state index in [0.29, 0.717) is 0 Å². The van der Waals surface area contributed by atoms with Crippen molar-refractivity contribution in [1.29, 1.82) is 0 Å². The number of benzene rings is 1. The van der Waals surface area contributed by atoms with Crippen molar-refractivity contribution in [1.82, 2.24) is 4.98 Å². The van der Waals surface area contributed by atoms with Crippen LogP contribution in [-0.4, -0.2) is 31.2 Å². The molecule has 0 atom stereocenters. The Morgan fingerprint density at radius 1 is 0.905 bits per heavy atom. The molecule has 3 nitrogen and oxygen atoms in total. The normalized spacial score (nSPS) is 15.9. The van der Waals surface area contributed by atoms with E-state index in [1.165, 1.54) is 12.1 Å². The minimum atomic E-state index is -0.186. The van der Waals surface area contributed by atoms with Crippen LogP contribution in [0.15, 0.2) is 47.1 Å². The Hall–Kier alpha value is -1.62. The second-order valence-electron chi connectivity index (χ2n) is 5.14. The molecule has 1 aliphatic heterocycles. The highest BCUT2D eigenvalue weighted by Crippen LogP contribution is 2.20. The summed E-state index contributed by atoms with van der Waals surface area (Å²) in [4.78, 5) is 9.07. The van der Waals surface area contributed by atoms with Gasteiger partial charge < -0.3 is 9.80 Å². The van der Waals surface area contributed by atoms with Crippen molar-refractivity contribution in [2.24, 2.45) is 0 Å². The second-order valence-corrected chi connectivity index (χ2v) is 6.05. The summed E-state index contributed by atoms with van der Waals surface area (Å²) in [7, 11) is 0. The summed E-state index contributed by atoms with van der Waals surface area (Å²) in [5, 5.41) is 0. The molecule has 0 saturated carbocycles. The van der Waals surface area contributed by atoms with Gasteiger partial charge in [-0.05, 0) is 58.7 Å². The van der Waals surface area contributed by atoms with Crippen LogP contribution in [0.1, 0.15) is 6.42 Å². The zero-order chi connectivity index (χ0) is 14.7. The van der Waals surface area contributed by atoms with Crippen LogP contribution in [-0.2, 0) is 0 Å². The number of hydrogen-bond acceptors (Lipinski definition) is 3. The summed E-state index contributed by atoms with van der Waals surface area (Å²) in [6, 6.07) is 10.8. The maximum Gasteiger partial charge on any atom is 0.128 e. The van der Waals surface area contributed by atoms with Gasteiger partial charge in [0.2, 0.25) is 0 Å². The molecule has 21 heavy (non-hydrogen) atoms. The average Bonchev–Trinajstić information content (AvgIpc) is 2.75. The summed E-state index contributed by atoms with van der Waals surface area (Å²) >= 11 is 3.41. The van der Waals surface area contributed by atoms with Crippen molar-refractivity contribution >= 4 is 27.4 Å². The Balaban J connectivity index is 1.69. The molecule has 0 radical (unpaired) electrons. The molecule has 1 aliphatic rings. The molecule has 0 spiro atoms. The highest BCUT2D eigenvalue weighted by molar-refractivity contribution is 9.10. The fourth-order valence-corrected chi connectivity index (χ4v) is 2.85. The number of aromatic nitrogens is 1. The first-order chi connectivity index (χ1) is 10.2. The molecule has 2 heterocycles. The molecular weight excluding hydrogens is 333 g/mol. The molecular formula is C16H17BrFN3. The highest BCUT2D eigenvalue weighted by Gasteiger charge is 2.16. The van der Waals surface area contributed by atoms with Gasteiger partial charge in [0.25, 0.3) is 0 Å². The van der Waals surface area contributed by atoms with Gasteiger partial charge in [-0.1, -0.05) is 0 Å². The first-order valence-electron chi connectivity index (χ1n) is 7.09. The van der Waals surface area contributed by atoms with Crippen molar-refractivity contribution in [2.45, 2.75) is 6.42 Å². The fraction of sp³-hybridized carbons (Fsp3) is 0.312. The van der Waals surface area contributed by atoms with E-state index in [9.17, 15) is 4.39 Å². The van der Waals surface area contributed by atoms with E-state index in [-0.39, 0.29) is 5.82 Å². The van der Waals surface area contributed by atoms with Crippen LogP contribution in [0.5, 0.6) is 0 Å². The summed E-state index contributed by atoms with van der Waals surface area (Å²) in [6.45, 7) is 3.82. The van der Waals surface area contributed by atoms with E-state index in [1.807, 2.05) is 30.5 Å². The third-order valence-corrected chi connectivity index (χ3v) is 4.19. The first-order valence-corrected chi connectivity index (χ1v) is 7.89. The van der Waals surface area contributed by atoms with E-state index in [0.717, 1.165) is 48.6 Å². The van der Waals surface area contributed by atoms with Crippen molar-refractivity contribution in [2.75, 3.05) is 36.0 Å².